The van der Waals surface area contributed by atoms with Crippen LogP contribution in [-0.4, -0.2) is 37.2 Å². The molecule has 0 saturated carbocycles. The highest BCUT2D eigenvalue weighted by molar-refractivity contribution is 7.80. The van der Waals surface area contributed by atoms with Crippen molar-refractivity contribution >= 4 is 63.5 Å². The van der Waals surface area contributed by atoms with E-state index in [2.05, 4.69) is 10.6 Å². The van der Waals surface area contributed by atoms with Gasteiger partial charge in [-0.3, -0.25) is 10.1 Å². The van der Waals surface area contributed by atoms with Crippen molar-refractivity contribution in [3.8, 4) is 11.3 Å². The Labute approximate surface area is 251 Å². The van der Waals surface area contributed by atoms with Gasteiger partial charge in [-0.05, 0) is 66.8 Å². The second-order valence-corrected chi connectivity index (χ2v) is 10.4. The van der Waals surface area contributed by atoms with E-state index >= 15 is 0 Å². The second kappa shape index (κ2) is 12.2. The van der Waals surface area contributed by atoms with Crippen LogP contribution in [0.15, 0.2) is 59.0 Å². The van der Waals surface area contributed by atoms with Crippen molar-refractivity contribution in [2.24, 2.45) is 0 Å². The molecule has 6 nitrogen and oxygen atoms in total. The molecule has 0 spiro atoms. The van der Waals surface area contributed by atoms with E-state index in [1.165, 1.54) is 6.07 Å². The van der Waals surface area contributed by atoms with Crippen molar-refractivity contribution in [2.75, 3.05) is 41.3 Å². The van der Waals surface area contributed by atoms with E-state index in [-0.39, 0.29) is 37.1 Å². The molecule has 2 heterocycles. The molecule has 1 aliphatic rings. The van der Waals surface area contributed by atoms with E-state index in [1.54, 1.807) is 48.5 Å². The molecule has 3 aromatic carbocycles. The fourth-order valence-electron chi connectivity index (χ4n) is 4.43. The predicted molar refractivity (Wildman–Crippen MR) is 155 cm³/mol. The first kappa shape index (κ1) is 29.6. The normalized spacial score (nSPS) is 13.3. The Hall–Kier alpha value is -3.87. The highest BCUT2D eigenvalue weighted by Gasteiger charge is 2.30. The summed E-state index contributed by atoms with van der Waals surface area (Å²) in [5.74, 6) is -10.1. The number of furan rings is 1. The Morgan fingerprint density at radius 1 is 0.786 bits per heavy atom. The molecule has 1 saturated heterocycles. The Morgan fingerprint density at radius 3 is 2.02 bits per heavy atom. The number of rotatable bonds is 5. The topological polar surface area (TPSA) is 60.8 Å². The Kier molecular flexibility index (Phi) is 8.58. The zero-order valence-electron chi connectivity index (χ0n) is 21.3. The van der Waals surface area contributed by atoms with Crippen LogP contribution in [0.1, 0.15) is 10.6 Å². The molecule has 0 radical (unpaired) electrons. The van der Waals surface area contributed by atoms with Crippen molar-refractivity contribution in [1.82, 2.24) is 5.32 Å². The molecule has 42 heavy (non-hydrogen) atoms. The van der Waals surface area contributed by atoms with Crippen molar-refractivity contribution in [3.63, 3.8) is 0 Å². The first-order valence-electron chi connectivity index (χ1n) is 12.3. The highest BCUT2D eigenvalue weighted by Crippen LogP contribution is 2.33. The number of carbonyl (C=O) groups excluding carboxylic acids is 1. The molecule has 1 aliphatic heterocycles. The van der Waals surface area contributed by atoms with Crippen molar-refractivity contribution < 1.29 is 31.2 Å². The highest BCUT2D eigenvalue weighted by atomic mass is 35.5. The van der Waals surface area contributed by atoms with E-state index in [9.17, 15) is 26.7 Å². The number of nitrogens with zero attached hydrogens (tertiary/aromatic N) is 2. The summed E-state index contributed by atoms with van der Waals surface area (Å²) in [5, 5.41) is 6.30. The number of amides is 1. The Morgan fingerprint density at radius 2 is 1.38 bits per heavy atom. The Balaban J connectivity index is 1.16. The van der Waals surface area contributed by atoms with Gasteiger partial charge in [0.05, 0.1) is 5.02 Å². The van der Waals surface area contributed by atoms with Crippen molar-refractivity contribution in [2.45, 2.75) is 0 Å². The van der Waals surface area contributed by atoms with Crippen LogP contribution in [0.2, 0.25) is 10.0 Å². The van der Waals surface area contributed by atoms with E-state index in [1.807, 2.05) is 4.90 Å². The van der Waals surface area contributed by atoms with Gasteiger partial charge in [-0.2, -0.15) is 0 Å². The number of hydrogen-bond donors (Lipinski definition) is 2. The monoisotopic (exact) mass is 640 g/mol. The molecule has 1 fully saturated rings. The molecule has 218 valence electrons. The smallest absolute Gasteiger partial charge is 0.293 e. The fourth-order valence-corrected chi connectivity index (χ4v) is 5.03. The molecule has 0 aliphatic carbocycles. The number of halogens is 7. The van der Waals surface area contributed by atoms with Gasteiger partial charge in [0.2, 0.25) is 5.82 Å². The van der Waals surface area contributed by atoms with Gasteiger partial charge in [0.1, 0.15) is 11.4 Å². The molecule has 0 unspecified atom stereocenters. The van der Waals surface area contributed by atoms with E-state index in [0.29, 0.717) is 27.1 Å². The zero-order chi connectivity index (χ0) is 30.1. The molecular weight excluding hydrogens is 622 g/mol. The number of anilines is 3. The Bertz CT molecular complexity index is 1650. The lowest BCUT2D eigenvalue weighted by atomic mass is 10.2. The third-order valence-corrected chi connectivity index (χ3v) is 7.29. The lowest BCUT2D eigenvalue weighted by molar-refractivity contribution is 0.0951. The van der Waals surface area contributed by atoms with Gasteiger partial charge in [0, 0.05) is 48.1 Å². The molecule has 2 N–H and O–H groups in total. The van der Waals surface area contributed by atoms with Crippen LogP contribution < -0.4 is 20.4 Å². The third-order valence-electron chi connectivity index (χ3n) is 6.52. The quantitative estimate of drug-likeness (QED) is 0.103. The average molecular weight is 641 g/mol. The van der Waals surface area contributed by atoms with Crippen molar-refractivity contribution in [3.05, 3.63) is 99.5 Å². The van der Waals surface area contributed by atoms with Gasteiger partial charge in [-0.25, -0.2) is 22.0 Å². The minimum absolute atomic E-state index is 0.00515. The van der Waals surface area contributed by atoms with Crippen molar-refractivity contribution in [1.29, 1.82) is 0 Å². The maximum absolute atomic E-state index is 14.2. The van der Waals surface area contributed by atoms with Crippen LogP contribution in [0.25, 0.3) is 11.3 Å². The number of piperazine rings is 1. The summed E-state index contributed by atoms with van der Waals surface area (Å²) in [7, 11) is 0. The predicted octanol–water partition coefficient (Wildman–Crippen LogP) is 7.40. The lowest BCUT2D eigenvalue weighted by Crippen LogP contribution is -2.47. The number of carbonyl (C=O) groups is 1. The van der Waals surface area contributed by atoms with Crippen LogP contribution >= 0.6 is 35.4 Å². The first-order chi connectivity index (χ1) is 20.0. The summed E-state index contributed by atoms with van der Waals surface area (Å²) < 4.78 is 74.6. The summed E-state index contributed by atoms with van der Waals surface area (Å²) >= 11 is 17.5. The molecule has 0 atom stereocenters. The van der Waals surface area contributed by atoms with Gasteiger partial charge in [0.15, 0.2) is 34.1 Å². The SMILES string of the molecule is O=C(NC(=S)Nc1ccc(N2CCN(c3c(F)c(F)c(F)c(F)c3F)CC2)cc1)c1ccc(-c2cc(Cl)ccc2Cl)o1. The van der Waals surface area contributed by atoms with Gasteiger partial charge in [-0.15, -0.1) is 0 Å². The largest absolute Gasteiger partial charge is 0.451 e. The number of nitrogens with one attached hydrogen (secondary N) is 2. The van der Waals surface area contributed by atoms with Crippen LogP contribution in [0.5, 0.6) is 0 Å². The minimum Gasteiger partial charge on any atom is -0.451 e. The first-order valence-corrected chi connectivity index (χ1v) is 13.5. The maximum Gasteiger partial charge on any atom is 0.293 e. The molecule has 5 rings (SSSR count). The van der Waals surface area contributed by atoms with Crippen LogP contribution in [0, 0.1) is 29.1 Å². The summed E-state index contributed by atoms with van der Waals surface area (Å²) in [6, 6.07) is 14.9. The second-order valence-electron chi connectivity index (χ2n) is 9.14. The molecular formula is C28H19Cl2F5N4O2S. The summed E-state index contributed by atoms with van der Waals surface area (Å²) in [6.45, 7) is 0.609. The number of thiocarbonyl (C=S) groups is 1. The third kappa shape index (κ3) is 6.01. The summed E-state index contributed by atoms with van der Waals surface area (Å²) in [5.41, 5.74) is 0.925. The number of hydrogen-bond acceptors (Lipinski definition) is 5. The molecule has 1 amide bonds. The molecule has 4 aromatic rings. The van der Waals surface area contributed by atoms with Crippen LogP contribution in [0.4, 0.5) is 39.0 Å². The van der Waals surface area contributed by atoms with Crippen LogP contribution in [0.3, 0.4) is 0 Å². The fraction of sp³-hybridized carbons (Fsp3) is 0.143. The maximum atomic E-state index is 14.2. The van der Waals surface area contributed by atoms with Gasteiger partial charge in [0.25, 0.3) is 5.91 Å². The van der Waals surface area contributed by atoms with Crippen LogP contribution in [-0.2, 0) is 0 Å². The standard InChI is InChI=1S/C28H19Cl2F5N4O2S/c29-14-1-6-18(30)17(13-14)19-7-8-20(41-19)27(40)37-28(42)36-15-2-4-16(5-3-15)38-9-11-39(12-10-38)26-24(34)22(32)21(31)23(33)25(26)35/h1-8,13H,9-12H2,(H2,36,37,40,42). The molecule has 14 heteroatoms. The van der Waals surface area contributed by atoms with Gasteiger partial charge < -0.3 is 19.5 Å². The minimum atomic E-state index is -2.19. The van der Waals surface area contributed by atoms with E-state index in [4.69, 9.17) is 39.8 Å². The summed E-state index contributed by atoms with van der Waals surface area (Å²) in [6.07, 6.45) is 0. The molecule has 1 aromatic heterocycles. The van der Waals surface area contributed by atoms with E-state index in [0.717, 1.165) is 10.6 Å². The van der Waals surface area contributed by atoms with E-state index < -0.39 is 40.7 Å². The average Bonchev–Trinajstić information content (AvgIpc) is 3.48. The zero-order valence-corrected chi connectivity index (χ0v) is 23.6. The van der Waals surface area contributed by atoms with Gasteiger partial charge >= 0.3 is 0 Å². The summed E-state index contributed by atoms with van der Waals surface area (Å²) in [4.78, 5) is 15.6. The molecule has 0 bridgehead atoms. The lowest BCUT2D eigenvalue weighted by Gasteiger charge is -2.37. The number of benzene rings is 3. The van der Waals surface area contributed by atoms with Gasteiger partial charge in [-0.1, -0.05) is 23.2 Å².